The highest BCUT2D eigenvalue weighted by atomic mass is 16.5. The molecule has 0 bridgehead atoms. The van der Waals surface area contributed by atoms with Gasteiger partial charge in [0.15, 0.2) is 0 Å². The van der Waals surface area contributed by atoms with E-state index in [0.717, 1.165) is 30.4 Å². The van der Waals surface area contributed by atoms with Crippen molar-refractivity contribution in [2.75, 3.05) is 26.2 Å². The highest BCUT2D eigenvalue weighted by Gasteiger charge is 2.25. The summed E-state index contributed by atoms with van der Waals surface area (Å²) in [4.78, 5) is 2.50. The largest absolute Gasteiger partial charge is 0.492 e. The molecule has 1 fully saturated rings. The first-order chi connectivity index (χ1) is 9.69. The third kappa shape index (κ3) is 4.26. The van der Waals surface area contributed by atoms with Gasteiger partial charge in [0.1, 0.15) is 12.4 Å². The maximum Gasteiger partial charge on any atom is 0.120 e. The average molecular weight is 272 g/mol. The van der Waals surface area contributed by atoms with Crippen molar-refractivity contribution in [1.82, 2.24) is 4.90 Å². The molecule has 0 amide bonds. The Morgan fingerprint density at radius 3 is 2.95 bits per heavy atom. The molecule has 108 valence electrons. The molecule has 2 atom stereocenters. The fraction of sp³-hybridized carbons (Fsp3) is 0.529. The summed E-state index contributed by atoms with van der Waals surface area (Å²) >= 11 is 0. The van der Waals surface area contributed by atoms with E-state index in [4.69, 9.17) is 10.5 Å². The number of ether oxygens (including phenoxy) is 1. The summed E-state index contributed by atoms with van der Waals surface area (Å²) in [6.07, 6.45) is 1.30. The minimum absolute atomic E-state index is 0.385. The molecule has 0 radical (unpaired) electrons. The van der Waals surface area contributed by atoms with Crippen LogP contribution in [0.3, 0.4) is 0 Å². The van der Waals surface area contributed by atoms with Crippen LogP contribution in [0, 0.1) is 17.8 Å². The van der Waals surface area contributed by atoms with Crippen LogP contribution in [0.25, 0.3) is 0 Å². The Hall–Kier alpha value is -1.50. The van der Waals surface area contributed by atoms with Crippen LogP contribution in [0.2, 0.25) is 0 Å². The first-order valence-electron chi connectivity index (χ1n) is 7.35. The second-order valence-corrected chi connectivity index (χ2v) is 5.57. The molecule has 1 saturated heterocycles. The SMILES string of the molecule is CC1CC(C)N(CCOc2cccc(C#CCN)c2)C1. The van der Waals surface area contributed by atoms with Gasteiger partial charge in [-0.15, -0.1) is 0 Å². The number of benzene rings is 1. The van der Waals surface area contributed by atoms with Gasteiger partial charge in [-0.05, 0) is 37.5 Å². The quantitative estimate of drug-likeness (QED) is 0.853. The van der Waals surface area contributed by atoms with Crippen molar-refractivity contribution in [2.24, 2.45) is 11.7 Å². The molecule has 3 heteroatoms. The van der Waals surface area contributed by atoms with Gasteiger partial charge in [0.25, 0.3) is 0 Å². The van der Waals surface area contributed by atoms with E-state index in [1.54, 1.807) is 0 Å². The molecule has 1 heterocycles. The highest BCUT2D eigenvalue weighted by molar-refractivity contribution is 5.39. The molecule has 2 N–H and O–H groups in total. The summed E-state index contributed by atoms with van der Waals surface area (Å²) in [5.41, 5.74) is 6.33. The second kappa shape index (κ2) is 7.33. The first-order valence-corrected chi connectivity index (χ1v) is 7.35. The van der Waals surface area contributed by atoms with Crippen LogP contribution in [-0.4, -0.2) is 37.2 Å². The summed E-state index contributed by atoms with van der Waals surface area (Å²) in [6.45, 7) is 7.90. The summed E-state index contributed by atoms with van der Waals surface area (Å²) in [7, 11) is 0. The van der Waals surface area contributed by atoms with E-state index in [9.17, 15) is 0 Å². The Kier molecular flexibility index (Phi) is 5.46. The lowest BCUT2D eigenvalue weighted by molar-refractivity contribution is 0.202. The first kappa shape index (κ1) is 14.9. The fourth-order valence-electron chi connectivity index (χ4n) is 2.80. The van der Waals surface area contributed by atoms with Crippen molar-refractivity contribution in [2.45, 2.75) is 26.3 Å². The zero-order valence-corrected chi connectivity index (χ0v) is 12.4. The number of rotatable bonds is 4. The molecule has 0 spiro atoms. The minimum atomic E-state index is 0.385. The maximum atomic E-state index is 5.83. The lowest BCUT2D eigenvalue weighted by Gasteiger charge is -2.20. The Balaban J connectivity index is 1.82. The molecule has 1 aliphatic rings. The molecule has 3 nitrogen and oxygen atoms in total. The van der Waals surface area contributed by atoms with Crippen molar-refractivity contribution in [3.05, 3.63) is 29.8 Å². The fourth-order valence-corrected chi connectivity index (χ4v) is 2.80. The van der Waals surface area contributed by atoms with Gasteiger partial charge in [0.05, 0.1) is 6.54 Å². The van der Waals surface area contributed by atoms with E-state index >= 15 is 0 Å². The average Bonchev–Trinajstić information content (AvgIpc) is 2.75. The van der Waals surface area contributed by atoms with Gasteiger partial charge < -0.3 is 10.5 Å². The Bertz CT molecular complexity index is 489. The zero-order chi connectivity index (χ0) is 14.4. The third-order valence-electron chi connectivity index (χ3n) is 3.73. The Labute approximate surface area is 122 Å². The number of likely N-dealkylation sites (tertiary alicyclic amines) is 1. The third-order valence-corrected chi connectivity index (χ3v) is 3.73. The molecule has 1 aromatic carbocycles. The van der Waals surface area contributed by atoms with Gasteiger partial charge in [0, 0.05) is 24.7 Å². The lowest BCUT2D eigenvalue weighted by atomic mass is 10.1. The number of hydrogen-bond acceptors (Lipinski definition) is 3. The van der Waals surface area contributed by atoms with Crippen LogP contribution in [0.15, 0.2) is 24.3 Å². The van der Waals surface area contributed by atoms with Crippen molar-refractivity contribution < 1.29 is 4.74 Å². The van der Waals surface area contributed by atoms with E-state index in [1.807, 2.05) is 24.3 Å². The number of hydrogen-bond donors (Lipinski definition) is 1. The molecule has 2 rings (SSSR count). The summed E-state index contributed by atoms with van der Waals surface area (Å²) < 4.78 is 5.83. The standard InChI is InChI=1S/C17H24N2O/c1-14-11-15(2)19(13-14)9-10-20-17-7-3-5-16(12-17)6-4-8-18/h3,5,7,12,14-15H,8-11,13,18H2,1-2H3. The molecule has 1 aromatic rings. The van der Waals surface area contributed by atoms with Crippen molar-refractivity contribution in [1.29, 1.82) is 0 Å². The van der Waals surface area contributed by atoms with Crippen LogP contribution in [-0.2, 0) is 0 Å². The molecule has 2 unspecified atom stereocenters. The summed E-state index contributed by atoms with van der Waals surface area (Å²) in [5, 5.41) is 0. The van der Waals surface area contributed by atoms with Gasteiger partial charge in [-0.25, -0.2) is 0 Å². The lowest BCUT2D eigenvalue weighted by Crippen LogP contribution is -2.31. The van der Waals surface area contributed by atoms with Crippen molar-refractivity contribution in [3.63, 3.8) is 0 Å². The van der Waals surface area contributed by atoms with Crippen LogP contribution < -0.4 is 10.5 Å². The van der Waals surface area contributed by atoms with Gasteiger partial charge in [0.2, 0.25) is 0 Å². The predicted octanol–water partition coefficient (Wildman–Crippen LogP) is 2.11. The van der Waals surface area contributed by atoms with Crippen LogP contribution in [0.1, 0.15) is 25.8 Å². The maximum absolute atomic E-state index is 5.83. The number of nitrogens with zero attached hydrogens (tertiary/aromatic N) is 1. The zero-order valence-electron chi connectivity index (χ0n) is 12.4. The highest BCUT2D eigenvalue weighted by Crippen LogP contribution is 2.21. The molecule has 0 saturated carbocycles. The van der Waals surface area contributed by atoms with Crippen molar-refractivity contribution >= 4 is 0 Å². The molecule has 20 heavy (non-hydrogen) atoms. The molecule has 0 aromatic heterocycles. The Morgan fingerprint density at radius 2 is 2.25 bits per heavy atom. The number of nitrogens with two attached hydrogens (primary N) is 1. The van der Waals surface area contributed by atoms with Gasteiger partial charge in [-0.1, -0.05) is 24.8 Å². The topological polar surface area (TPSA) is 38.5 Å². The van der Waals surface area contributed by atoms with Gasteiger partial charge in [-0.2, -0.15) is 0 Å². The summed E-state index contributed by atoms with van der Waals surface area (Å²) in [5.74, 6) is 7.57. The van der Waals surface area contributed by atoms with Gasteiger partial charge >= 0.3 is 0 Å². The van der Waals surface area contributed by atoms with Crippen LogP contribution in [0.4, 0.5) is 0 Å². The van der Waals surface area contributed by atoms with E-state index < -0.39 is 0 Å². The van der Waals surface area contributed by atoms with E-state index in [2.05, 4.69) is 30.6 Å². The smallest absolute Gasteiger partial charge is 0.120 e. The minimum Gasteiger partial charge on any atom is -0.492 e. The van der Waals surface area contributed by atoms with Crippen molar-refractivity contribution in [3.8, 4) is 17.6 Å². The van der Waals surface area contributed by atoms with E-state index in [0.29, 0.717) is 12.6 Å². The van der Waals surface area contributed by atoms with Gasteiger partial charge in [-0.3, -0.25) is 4.90 Å². The Morgan fingerprint density at radius 1 is 1.40 bits per heavy atom. The monoisotopic (exact) mass is 272 g/mol. The van der Waals surface area contributed by atoms with Crippen LogP contribution in [0.5, 0.6) is 5.75 Å². The molecule has 0 aliphatic carbocycles. The normalized spacial score (nSPS) is 22.4. The molecular weight excluding hydrogens is 248 g/mol. The van der Waals surface area contributed by atoms with E-state index in [1.165, 1.54) is 13.0 Å². The van der Waals surface area contributed by atoms with Crippen LogP contribution >= 0.6 is 0 Å². The van der Waals surface area contributed by atoms with E-state index in [-0.39, 0.29) is 0 Å². The predicted molar refractivity (Wildman–Crippen MR) is 82.7 cm³/mol. The molecular formula is C17H24N2O. The molecule has 1 aliphatic heterocycles. The summed E-state index contributed by atoms with van der Waals surface area (Å²) in [6, 6.07) is 8.56. The second-order valence-electron chi connectivity index (χ2n) is 5.57.